The van der Waals surface area contributed by atoms with E-state index in [4.69, 9.17) is 0 Å². The van der Waals surface area contributed by atoms with Crippen molar-refractivity contribution in [2.75, 3.05) is 11.4 Å². The zero-order valence-electron chi connectivity index (χ0n) is 18.0. The maximum absolute atomic E-state index is 14.0. The summed E-state index contributed by atoms with van der Waals surface area (Å²) in [5, 5.41) is 1.90. The minimum atomic E-state index is -0.263. The number of thiophene rings is 1. The number of nitrogens with zero attached hydrogens (tertiary/aromatic N) is 3. The van der Waals surface area contributed by atoms with Crippen LogP contribution >= 0.6 is 11.3 Å². The molecule has 2 aromatic carbocycles. The lowest BCUT2D eigenvalue weighted by Gasteiger charge is -2.39. The van der Waals surface area contributed by atoms with Crippen molar-refractivity contribution in [3.8, 4) is 5.69 Å². The van der Waals surface area contributed by atoms with Crippen LogP contribution in [0.3, 0.4) is 0 Å². The first kappa shape index (κ1) is 20.0. The van der Waals surface area contributed by atoms with E-state index in [-0.39, 0.29) is 30.4 Å². The van der Waals surface area contributed by atoms with E-state index < -0.39 is 0 Å². The van der Waals surface area contributed by atoms with Crippen molar-refractivity contribution in [3.63, 3.8) is 0 Å². The van der Waals surface area contributed by atoms with Gasteiger partial charge in [0.05, 0.1) is 21.9 Å². The highest BCUT2D eigenvalue weighted by molar-refractivity contribution is 7.12. The van der Waals surface area contributed by atoms with Gasteiger partial charge >= 0.3 is 0 Å². The number of para-hydroxylation sites is 2. The molecule has 6 rings (SSSR count). The summed E-state index contributed by atoms with van der Waals surface area (Å²) in [4.78, 5) is 31.6. The highest BCUT2D eigenvalue weighted by atomic mass is 32.1. The highest BCUT2D eigenvalue weighted by Crippen LogP contribution is 2.42. The molecule has 1 fully saturated rings. The van der Waals surface area contributed by atoms with E-state index in [1.54, 1.807) is 4.90 Å². The minimum Gasteiger partial charge on any atom is -0.326 e. The van der Waals surface area contributed by atoms with Crippen molar-refractivity contribution in [1.29, 1.82) is 0 Å². The van der Waals surface area contributed by atoms with E-state index in [0.717, 1.165) is 35.5 Å². The van der Waals surface area contributed by atoms with Crippen LogP contribution in [0.1, 0.15) is 39.8 Å². The Morgan fingerprint density at radius 2 is 1.64 bits per heavy atom. The van der Waals surface area contributed by atoms with Crippen molar-refractivity contribution in [2.45, 2.75) is 24.9 Å². The number of hydrogen-bond acceptors (Lipinski definition) is 3. The Hall–Kier alpha value is -3.64. The summed E-state index contributed by atoms with van der Waals surface area (Å²) in [7, 11) is 0. The lowest BCUT2D eigenvalue weighted by atomic mass is 9.97. The second kappa shape index (κ2) is 8.05. The van der Waals surface area contributed by atoms with E-state index in [1.807, 2.05) is 77.1 Å². The predicted octanol–water partition coefficient (Wildman–Crippen LogP) is 5.28. The monoisotopic (exact) mass is 453 g/mol. The van der Waals surface area contributed by atoms with E-state index in [0.29, 0.717) is 4.88 Å². The third kappa shape index (κ3) is 3.47. The van der Waals surface area contributed by atoms with Gasteiger partial charge in [-0.1, -0.05) is 48.5 Å². The van der Waals surface area contributed by atoms with Gasteiger partial charge in [-0.2, -0.15) is 0 Å². The van der Waals surface area contributed by atoms with Crippen LogP contribution in [0.15, 0.2) is 90.4 Å². The van der Waals surface area contributed by atoms with E-state index in [2.05, 4.69) is 22.8 Å². The molecule has 1 aliphatic carbocycles. The Morgan fingerprint density at radius 3 is 2.36 bits per heavy atom. The van der Waals surface area contributed by atoms with Gasteiger partial charge in [-0.15, -0.1) is 11.3 Å². The second-order valence-corrected chi connectivity index (χ2v) is 9.46. The standard InChI is InChI=1S/C27H23N3O2S/c31-25(18-29(20-14-15-20)27(32)24-13-7-17-33-24)30-22-11-5-4-10-21(22)28-16-6-12-23(28)26(30)19-8-2-1-3-9-19/h1-13,16-17,20,26H,14-15,18H2. The summed E-state index contributed by atoms with van der Waals surface area (Å²) in [5.41, 5.74) is 3.92. The summed E-state index contributed by atoms with van der Waals surface area (Å²) in [5.74, 6) is -0.119. The fraction of sp³-hybridized carbons (Fsp3) is 0.185. The maximum Gasteiger partial charge on any atom is 0.264 e. The Kier molecular flexibility index (Phi) is 4.88. The summed E-state index contributed by atoms with van der Waals surface area (Å²) >= 11 is 1.43. The van der Waals surface area contributed by atoms with Gasteiger partial charge in [0, 0.05) is 12.2 Å². The molecule has 0 spiro atoms. The topological polar surface area (TPSA) is 45.6 Å². The molecule has 164 valence electrons. The van der Waals surface area contributed by atoms with Gasteiger partial charge in [0.25, 0.3) is 5.91 Å². The van der Waals surface area contributed by atoms with Crippen molar-refractivity contribution >= 4 is 28.8 Å². The first-order valence-electron chi connectivity index (χ1n) is 11.2. The molecule has 0 saturated heterocycles. The van der Waals surface area contributed by atoms with Gasteiger partial charge < -0.3 is 9.47 Å². The van der Waals surface area contributed by atoms with Gasteiger partial charge in [0.2, 0.25) is 5.91 Å². The summed E-state index contributed by atoms with van der Waals surface area (Å²) < 4.78 is 2.16. The third-order valence-corrected chi connectivity index (χ3v) is 7.25. The number of carbonyl (C=O) groups is 2. The van der Waals surface area contributed by atoms with E-state index >= 15 is 0 Å². The Labute approximate surface area is 196 Å². The Morgan fingerprint density at radius 1 is 0.879 bits per heavy atom. The average Bonchev–Trinajstić information content (AvgIpc) is 3.32. The first-order valence-corrected chi connectivity index (χ1v) is 12.1. The van der Waals surface area contributed by atoms with Crippen molar-refractivity contribution in [1.82, 2.24) is 9.47 Å². The lowest BCUT2D eigenvalue weighted by molar-refractivity contribution is -0.119. The van der Waals surface area contributed by atoms with Gasteiger partial charge in [-0.05, 0) is 54.1 Å². The summed E-state index contributed by atoms with van der Waals surface area (Å²) in [6, 6.07) is 25.8. The van der Waals surface area contributed by atoms with Gasteiger partial charge in [0.1, 0.15) is 12.6 Å². The maximum atomic E-state index is 14.0. The number of hydrogen-bond donors (Lipinski definition) is 0. The molecule has 1 atom stereocenters. The fourth-order valence-corrected chi connectivity index (χ4v) is 5.41. The molecule has 0 N–H and O–H groups in total. The van der Waals surface area contributed by atoms with Gasteiger partial charge in [-0.3, -0.25) is 14.5 Å². The molecule has 1 aliphatic heterocycles. The van der Waals surface area contributed by atoms with E-state index in [1.165, 1.54) is 11.3 Å². The van der Waals surface area contributed by atoms with Gasteiger partial charge in [-0.25, -0.2) is 0 Å². The molecule has 3 heterocycles. The average molecular weight is 454 g/mol. The molecule has 0 bridgehead atoms. The molecule has 5 nitrogen and oxygen atoms in total. The molecule has 2 amide bonds. The second-order valence-electron chi connectivity index (χ2n) is 8.51. The van der Waals surface area contributed by atoms with Crippen molar-refractivity contribution in [3.05, 3.63) is 107 Å². The molecule has 4 aromatic rings. The number of rotatable bonds is 5. The zero-order chi connectivity index (χ0) is 22.4. The zero-order valence-corrected chi connectivity index (χ0v) is 18.8. The largest absolute Gasteiger partial charge is 0.326 e. The molecule has 1 unspecified atom stereocenters. The van der Waals surface area contributed by atoms with Crippen LogP contribution in [0.25, 0.3) is 5.69 Å². The number of anilines is 1. The smallest absolute Gasteiger partial charge is 0.264 e. The predicted molar refractivity (Wildman–Crippen MR) is 130 cm³/mol. The lowest BCUT2D eigenvalue weighted by Crippen LogP contribution is -2.47. The highest BCUT2D eigenvalue weighted by Gasteiger charge is 2.40. The number of benzene rings is 2. The molecule has 0 radical (unpaired) electrons. The van der Waals surface area contributed by atoms with Gasteiger partial charge in [0.15, 0.2) is 0 Å². The van der Waals surface area contributed by atoms with Crippen LogP contribution in [0.2, 0.25) is 0 Å². The van der Waals surface area contributed by atoms with Crippen LogP contribution in [0, 0.1) is 0 Å². The number of fused-ring (bicyclic) bond motifs is 3. The first-order chi connectivity index (χ1) is 16.2. The van der Waals surface area contributed by atoms with Crippen molar-refractivity contribution in [2.24, 2.45) is 0 Å². The summed E-state index contributed by atoms with van der Waals surface area (Å²) in [6.07, 6.45) is 3.95. The fourth-order valence-electron chi connectivity index (χ4n) is 4.73. The number of amides is 2. The molecule has 1 saturated carbocycles. The minimum absolute atomic E-state index is 0.0502. The van der Waals surface area contributed by atoms with Crippen LogP contribution < -0.4 is 4.90 Å². The molecular weight excluding hydrogens is 430 g/mol. The van der Waals surface area contributed by atoms with Crippen LogP contribution in [-0.4, -0.2) is 33.9 Å². The van der Waals surface area contributed by atoms with Crippen LogP contribution in [0.4, 0.5) is 5.69 Å². The Balaban J connectivity index is 1.42. The Bertz CT molecular complexity index is 1310. The van der Waals surface area contributed by atoms with Crippen LogP contribution in [0.5, 0.6) is 0 Å². The number of carbonyl (C=O) groups excluding carboxylic acids is 2. The number of aromatic nitrogens is 1. The quantitative estimate of drug-likeness (QED) is 0.413. The third-order valence-electron chi connectivity index (χ3n) is 6.39. The normalized spacial score (nSPS) is 16.7. The molecule has 2 aliphatic rings. The molecular formula is C27H23N3O2S. The van der Waals surface area contributed by atoms with Crippen molar-refractivity contribution < 1.29 is 9.59 Å². The molecule has 33 heavy (non-hydrogen) atoms. The SMILES string of the molecule is O=C(c1cccs1)N(CC(=O)N1c2ccccc2-n2cccc2C1c1ccccc1)C1CC1. The molecule has 6 heteroatoms. The van der Waals surface area contributed by atoms with Crippen LogP contribution in [-0.2, 0) is 4.79 Å². The summed E-state index contributed by atoms with van der Waals surface area (Å²) in [6.45, 7) is 0.0692. The molecule has 2 aromatic heterocycles. The van der Waals surface area contributed by atoms with E-state index in [9.17, 15) is 9.59 Å².